The molecule has 0 heterocycles. The van der Waals surface area contributed by atoms with Gasteiger partial charge in [0, 0.05) is 17.8 Å². The molecule has 0 aromatic rings. The second kappa shape index (κ2) is 2.74. The van der Waals surface area contributed by atoms with Crippen molar-refractivity contribution < 1.29 is 9.53 Å². The molecule has 80 valence electrons. The third kappa shape index (κ3) is 1.19. The molecule has 0 spiro atoms. The van der Waals surface area contributed by atoms with Crippen LogP contribution in [0, 0.1) is 16.7 Å². The van der Waals surface area contributed by atoms with Crippen LogP contribution in [0.1, 0.15) is 47.0 Å². The van der Waals surface area contributed by atoms with Crippen LogP contribution in [0.25, 0.3) is 0 Å². The Morgan fingerprint density at radius 3 is 2.43 bits per heavy atom. The van der Waals surface area contributed by atoms with Gasteiger partial charge in [-0.2, -0.15) is 0 Å². The lowest BCUT2D eigenvalue weighted by Gasteiger charge is -2.41. The standard InChI is InChI=1S/C12H20O2/c1-8(13)14-10-11(2,3)9-5-6-12(10,4)7-9/h9-10H,5-7H2,1-4H3/t9-,10-,12-/m1/s1. The molecule has 2 aliphatic carbocycles. The van der Waals surface area contributed by atoms with Crippen LogP contribution in [0.5, 0.6) is 0 Å². The number of fused-ring (bicyclic) bond motifs is 2. The fraction of sp³-hybridized carbons (Fsp3) is 0.917. The molecule has 0 aliphatic heterocycles. The lowest BCUT2D eigenvalue weighted by Crippen LogP contribution is -2.43. The maximum Gasteiger partial charge on any atom is 0.302 e. The minimum atomic E-state index is -0.128. The average molecular weight is 196 g/mol. The van der Waals surface area contributed by atoms with Crippen molar-refractivity contribution in [3.05, 3.63) is 0 Å². The number of hydrogen-bond donors (Lipinski definition) is 0. The largest absolute Gasteiger partial charge is 0.461 e. The molecule has 2 aliphatic rings. The summed E-state index contributed by atoms with van der Waals surface area (Å²) < 4.78 is 5.52. The number of esters is 1. The van der Waals surface area contributed by atoms with Crippen molar-refractivity contribution in [2.45, 2.75) is 53.1 Å². The van der Waals surface area contributed by atoms with Gasteiger partial charge in [0.15, 0.2) is 0 Å². The molecule has 0 aromatic heterocycles. The van der Waals surface area contributed by atoms with Gasteiger partial charge in [-0.25, -0.2) is 0 Å². The molecular formula is C12H20O2. The molecule has 2 fully saturated rings. The molecular weight excluding hydrogens is 176 g/mol. The first kappa shape index (κ1) is 10.0. The van der Waals surface area contributed by atoms with E-state index in [0.717, 1.165) is 5.92 Å². The highest BCUT2D eigenvalue weighted by Crippen LogP contribution is 2.63. The second-order valence-electron chi connectivity index (χ2n) is 5.90. The Balaban J connectivity index is 2.25. The Kier molecular flexibility index (Phi) is 1.96. The summed E-state index contributed by atoms with van der Waals surface area (Å²) in [6, 6.07) is 0. The fourth-order valence-corrected chi connectivity index (χ4v) is 3.72. The van der Waals surface area contributed by atoms with Gasteiger partial charge in [0.05, 0.1) is 0 Å². The van der Waals surface area contributed by atoms with Crippen LogP contribution in [-0.2, 0) is 9.53 Å². The highest BCUT2D eigenvalue weighted by molar-refractivity contribution is 5.66. The third-order valence-electron chi connectivity index (χ3n) is 4.42. The van der Waals surface area contributed by atoms with Crippen molar-refractivity contribution in [3.63, 3.8) is 0 Å². The molecule has 2 saturated carbocycles. The predicted molar refractivity (Wildman–Crippen MR) is 54.8 cm³/mol. The molecule has 0 amide bonds. The zero-order valence-corrected chi connectivity index (χ0v) is 9.59. The summed E-state index contributed by atoms with van der Waals surface area (Å²) in [4.78, 5) is 11.1. The summed E-state index contributed by atoms with van der Waals surface area (Å²) in [6.07, 6.45) is 3.89. The van der Waals surface area contributed by atoms with Crippen molar-refractivity contribution >= 4 is 5.97 Å². The van der Waals surface area contributed by atoms with Gasteiger partial charge in [0.2, 0.25) is 0 Å². The summed E-state index contributed by atoms with van der Waals surface area (Å²) in [7, 11) is 0. The van der Waals surface area contributed by atoms with Gasteiger partial charge < -0.3 is 4.74 Å². The quantitative estimate of drug-likeness (QED) is 0.603. The molecule has 0 aromatic carbocycles. The van der Waals surface area contributed by atoms with Crippen molar-refractivity contribution in [2.75, 3.05) is 0 Å². The van der Waals surface area contributed by atoms with Crippen LogP contribution < -0.4 is 0 Å². The van der Waals surface area contributed by atoms with Gasteiger partial charge in [-0.15, -0.1) is 0 Å². The maximum absolute atomic E-state index is 11.1. The molecule has 0 radical (unpaired) electrons. The van der Waals surface area contributed by atoms with E-state index < -0.39 is 0 Å². The second-order valence-corrected chi connectivity index (χ2v) is 5.90. The zero-order chi connectivity index (χ0) is 10.6. The Bertz CT molecular complexity index is 265. The van der Waals surface area contributed by atoms with Crippen molar-refractivity contribution in [1.82, 2.24) is 0 Å². The predicted octanol–water partition coefficient (Wildman–Crippen LogP) is 2.76. The summed E-state index contributed by atoms with van der Waals surface area (Å²) in [6.45, 7) is 8.28. The molecule has 2 bridgehead atoms. The SMILES string of the molecule is CC(=O)O[C@@H]1C(C)(C)[C@@H]2CC[C@]1(C)C2. The monoisotopic (exact) mass is 196 g/mol. The van der Waals surface area contributed by atoms with Crippen molar-refractivity contribution in [1.29, 1.82) is 0 Å². The molecule has 2 rings (SSSR count). The molecule has 2 heteroatoms. The fourth-order valence-electron chi connectivity index (χ4n) is 3.72. The molecule has 0 unspecified atom stereocenters. The van der Waals surface area contributed by atoms with E-state index in [1.807, 2.05) is 0 Å². The Labute approximate surface area is 86.0 Å². The van der Waals surface area contributed by atoms with E-state index in [-0.39, 0.29) is 22.9 Å². The van der Waals surface area contributed by atoms with Crippen molar-refractivity contribution in [3.8, 4) is 0 Å². The number of carbonyl (C=O) groups is 1. The third-order valence-corrected chi connectivity index (χ3v) is 4.42. The topological polar surface area (TPSA) is 26.3 Å². The van der Waals surface area contributed by atoms with E-state index in [4.69, 9.17) is 4.74 Å². The van der Waals surface area contributed by atoms with Crippen LogP contribution in [0.3, 0.4) is 0 Å². The number of ether oxygens (including phenoxy) is 1. The van der Waals surface area contributed by atoms with Crippen molar-refractivity contribution in [2.24, 2.45) is 16.7 Å². The summed E-state index contributed by atoms with van der Waals surface area (Å²) in [5.41, 5.74) is 0.429. The normalized spacial score (nSPS) is 44.0. The minimum Gasteiger partial charge on any atom is -0.461 e. The first-order chi connectivity index (χ1) is 6.36. The van der Waals surface area contributed by atoms with Gasteiger partial charge in [0.1, 0.15) is 6.10 Å². The molecule has 2 nitrogen and oxygen atoms in total. The van der Waals surface area contributed by atoms with Gasteiger partial charge in [-0.1, -0.05) is 20.8 Å². The Hall–Kier alpha value is -0.530. The first-order valence-electron chi connectivity index (χ1n) is 5.53. The van der Waals surface area contributed by atoms with E-state index in [0.29, 0.717) is 0 Å². The van der Waals surface area contributed by atoms with Crippen LogP contribution in [-0.4, -0.2) is 12.1 Å². The number of rotatable bonds is 1. The van der Waals surface area contributed by atoms with Gasteiger partial charge in [0.25, 0.3) is 0 Å². The Morgan fingerprint density at radius 2 is 2.00 bits per heavy atom. The smallest absolute Gasteiger partial charge is 0.302 e. The lowest BCUT2D eigenvalue weighted by atomic mass is 9.70. The summed E-state index contributed by atoms with van der Waals surface area (Å²) in [5, 5.41) is 0. The summed E-state index contributed by atoms with van der Waals surface area (Å²) >= 11 is 0. The van der Waals surface area contributed by atoms with E-state index in [1.165, 1.54) is 26.2 Å². The van der Waals surface area contributed by atoms with Crippen LogP contribution in [0.4, 0.5) is 0 Å². The number of carbonyl (C=O) groups excluding carboxylic acids is 1. The highest BCUT2D eigenvalue weighted by Gasteiger charge is 2.61. The molecule has 0 saturated heterocycles. The van der Waals surface area contributed by atoms with E-state index in [1.54, 1.807) is 0 Å². The van der Waals surface area contributed by atoms with Crippen LogP contribution in [0.15, 0.2) is 0 Å². The highest BCUT2D eigenvalue weighted by atomic mass is 16.5. The molecule has 3 atom stereocenters. The van der Waals surface area contributed by atoms with E-state index in [9.17, 15) is 4.79 Å². The maximum atomic E-state index is 11.1. The Morgan fingerprint density at radius 1 is 1.36 bits per heavy atom. The minimum absolute atomic E-state index is 0.128. The summed E-state index contributed by atoms with van der Waals surface area (Å²) in [5.74, 6) is 0.619. The number of hydrogen-bond acceptors (Lipinski definition) is 2. The first-order valence-corrected chi connectivity index (χ1v) is 5.53. The van der Waals surface area contributed by atoms with Gasteiger partial charge >= 0.3 is 5.97 Å². The molecule has 14 heavy (non-hydrogen) atoms. The van der Waals surface area contributed by atoms with Gasteiger partial charge in [-0.05, 0) is 25.2 Å². The van der Waals surface area contributed by atoms with E-state index >= 15 is 0 Å². The van der Waals surface area contributed by atoms with E-state index in [2.05, 4.69) is 20.8 Å². The van der Waals surface area contributed by atoms with Crippen LogP contribution in [0.2, 0.25) is 0 Å². The lowest BCUT2D eigenvalue weighted by molar-refractivity contribution is -0.161. The average Bonchev–Trinajstić information content (AvgIpc) is 2.49. The van der Waals surface area contributed by atoms with Crippen LogP contribution >= 0.6 is 0 Å². The molecule has 0 N–H and O–H groups in total. The zero-order valence-electron chi connectivity index (χ0n) is 9.59. The van der Waals surface area contributed by atoms with Gasteiger partial charge in [-0.3, -0.25) is 4.79 Å².